The zero-order valence-corrected chi connectivity index (χ0v) is 16.6. The molecule has 1 atom stereocenters. The molecule has 2 saturated heterocycles. The minimum Gasteiger partial charge on any atom is -0.376 e. The van der Waals surface area contributed by atoms with Crippen molar-refractivity contribution in [2.45, 2.75) is 52.6 Å². The summed E-state index contributed by atoms with van der Waals surface area (Å²) >= 11 is 0. The van der Waals surface area contributed by atoms with E-state index in [1.165, 1.54) is 0 Å². The smallest absolute Gasteiger partial charge is 0.253 e. The summed E-state index contributed by atoms with van der Waals surface area (Å²) in [5, 5.41) is 5.94. The average molecular weight is 373 g/mol. The Kier molecular flexibility index (Phi) is 6.05. The van der Waals surface area contributed by atoms with Crippen LogP contribution >= 0.6 is 0 Å². The monoisotopic (exact) mass is 373 g/mol. The highest BCUT2D eigenvalue weighted by Gasteiger charge is 2.24. The Morgan fingerprint density at radius 1 is 1.19 bits per heavy atom. The fraction of sp³-hybridized carbons (Fsp3) is 0.619. The Morgan fingerprint density at radius 3 is 2.56 bits per heavy atom. The van der Waals surface area contributed by atoms with Gasteiger partial charge in [0.25, 0.3) is 5.91 Å². The van der Waals surface area contributed by atoms with E-state index in [0.717, 1.165) is 51.1 Å². The Balaban J connectivity index is 1.79. The molecule has 6 heteroatoms. The highest BCUT2D eigenvalue weighted by atomic mass is 16.5. The van der Waals surface area contributed by atoms with Crippen molar-refractivity contribution in [1.82, 2.24) is 5.32 Å². The van der Waals surface area contributed by atoms with E-state index in [1.54, 1.807) is 6.07 Å². The lowest BCUT2D eigenvalue weighted by atomic mass is 9.95. The molecule has 0 bridgehead atoms. The number of anilines is 2. The van der Waals surface area contributed by atoms with E-state index in [2.05, 4.69) is 15.5 Å². The lowest BCUT2D eigenvalue weighted by molar-refractivity contribution is -0.123. The van der Waals surface area contributed by atoms with E-state index in [1.807, 2.05) is 32.9 Å². The summed E-state index contributed by atoms with van der Waals surface area (Å²) in [6, 6.07) is 5.63. The van der Waals surface area contributed by atoms with Crippen LogP contribution in [0.4, 0.5) is 11.4 Å². The molecule has 2 amide bonds. The van der Waals surface area contributed by atoms with Gasteiger partial charge in [0.05, 0.1) is 11.7 Å². The predicted octanol–water partition coefficient (Wildman–Crippen LogP) is 3.18. The lowest BCUT2D eigenvalue weighted by Gasteiger charge is -2.23. The Bertz CT molecular complexity index is 684. The van der Waals surface area contributed by atoms with Gasteiger partial charge in [-0.2, -0.15) is 0 Å². The number of hydrogen-bond acceptors (Lipinski definition) is 4. The van der Waals surface area contributed by atoms with Gasteiger partial charge in [0.1, 0.15) is 0 Å². The zero-order chi connectivity index (χ0) is 19.4. The molecule has 2 fully saturated rings. The molecule has 0 spiro atoms. The number of amides is 2. The maximum atomic E-state index is 12.9. The van der Waals surface area contributed by atoms with E-state index in [0.29, 0.717) is 17.8 Å². The van der Waals surface area contributed by atoms with Crippen molar-refractivity contribution in [1.29, 1.82) is 0 Å². The fourth-order valence-electron chi connectivity index (χ4n) is 3.46. The molecule has 27 heavy (non-hydrogen) atoms. The first-order chi connectivity index (χ1) is 12.8. The van der Waals surface area contributed by atoms with E-state index in [-0.39, 0.29) is 17.9 Å². The van der Waals surface area contributed by atoms with Crippen LogP contribution in [0.25, 0.3) is 0 Å². The van der Waals surface area contributed by atoms with Gasteiger partial charge >= 0.3 is 0 Å². The van der Waals surface area contributed by atoms with Gasteiger partial charge in [-0.3, -0.25) is 9.59 Å². The summed E-state index contributed by atoms with van der Waals surface area (Å²) in [7, 11) is 0. The molecule has 2 heterocycles. The van der Waals surface area contributed by atoms with Crippen molar-refractivity contribution in [3.8, 4) is 0 Å². The van der Waals surface area contributed by atoms with Gasteiger partial charge in [0, 0.05) is 43.0 Å². The molecule has 2 N–H and O–H groups in total. The maximum Gasteiger partial charge on any atom is 0.253 e. The summed E-state index contributed by atoms with van der Waals surface area (Å²) in [5.74, 6) is -0.179. The maximum absolute atomic E-state index is 12.9. The van der Waals surface area contributed by atoms with E-state index in [4.69, 9.17) is 4.74 Å². The topological polar surface area (TPSA) is 70.7 Å². The van der Waals surface area contributed by atoms with Crippen molar-refractivity contribution in [2.75, 3.05) is 36.5 Å². The van der Waals surface area contributed by atoms with Crippen molar-refractivity contribution >= 4 is 23.2 Å². The molecule has 0 aromatic heterocycles. The van der Waals surface area contributed by atoms with Crippen LogP contribution in [0.3, 0.4) is 0 Å². The third-order valence-corrected chi connectivity index (χ3v) is 5.14. The second kappa shape index (κ2) is 8.30. The molecular formula is C21H31N3O3. The summed E-state index contributed by atoms with van der Waals surface area (Å²) in [6.45, 7) is 8.83. The SMILES string of the molecule is CC(C)(C)C(=O)Nc1ccc(N2CCCC2)c(C(=O)NC[C@@H]2CCCO2)c1. The van der Waals surface area contributed by atoms with Crippen LogP contribution < -0.4 is 15.5 Å². The molecule has 0 unspecified atom stereocenters. The number of nitrogens with zero attached hydrogens (tertiary/aromatic N) is 1. The highest BCUT2D eigenvalue weighted by Crippen LogP contribution is 2.28. The third-order valence-electron chi connectivity index (χ3n) is 5.14. The van der Waals surface area contributed by atoms with Gasteiger partial charge < -0.3 is 20.3 Å². The van der Waals surface area contributed by atoms with E-state index >= 15 is 0 Å². The van der Waals surface area contributed by atoms with Gasteiger partial charge in [-0.1, -0.05) is 20.8 Å². The summed E-state index contributed by atoms with van der Waals surface area (Å²) in [4.78, 5) is 27.5. The molecule has 1 aromatic rings. The van der Waals surface area contributed by atoms with Crippen LogP contribution in [0.5, 0.6) is 0 Å². The molecule has 1 aromatic carbocycles. The van der Waals surface area contributed by atoms with Crippen molar-refractivity contribution < 1.29 is 14.3 Å². The quantitative estimate of drug-likeness (QED) is 0.832. The first-order valence-electron chi connectivity index (χ1n) is 9.95. The largest absolute Gasteiger partial charge is 0.376 e. The Morgan fingerprint density at radius 2 is 1.93 bits per heavy atom. The predicted molar refractivity (Wildman–Crippen MR) is 107 cm³/mol. The molecule has 3 rings (SSSR count). The molecule has 2 aliphatic heterocycles. The first-order valence-corrected chi connectivity index (χ1v) is 9.95. The van der Waals surface area contributed by atoms with Gasteiger partial charge in [0.15, 0.2) is 0 Å². The van der Waals surface area contributed by atoms with Crippen LogP contribution in [0.2, 0.25) is 0 Å². The Labute approximate surface area is 161 Å². The number of ether oxygens (including phenoxy) is 1. The Hall–Kier alpha value is -2.08. The van der Waals surface area contributed by atoms with Crippen molar-refractivity contribution in [3.63, 3.8) is 0 Å². The average Bonchev–Trinajstić information content (AvgIpc) is 3.32. The molecule has 2 aliphatic rings. The van der Waals surface area contributed by atoms with Gasteiger partial charge in [-0.15, -0.1) is 0 Å². The van der Waals surface area contributed by atoms with Crippen LogP contribution in [-0.2, 0) is 9.53 Å². The molecule has 148 valence electrons. The lowest BCUT2D eigenvalue weighted by Crippen LogP contribution is -2.33. The number of carbonyl (C=O) groups is 2. The van der Waals surface area contributed by atoms with Crippen molar-refractivity contribution in [3.05, 3.63) is 23.8 Å². The molecule has 0 aliphatic carbocycles. The second-order valence-electron chi connectivity index (χ2n) is 8.48. The van der Waals surface area contributed by atoms with Crippen molar-refractivity contribution in [2.24, 2.45) is 5.41 Å². The summed E-state index contributed by atoms with van der Waals surface area (Å²) in [5.41, 5.74) is 1.71. The van der Waals surface area contributed by atoms with Crippen LogP contribution in [0.15, 0.2) is 18.2 Å². The van der Waals surface area contributed by atoms with Gasteiger partial charge in [-0.25, -0.2) is 0 Å². The number of nitrogens with one attached hydrogen (secondary N) is 2. The summed E-state index contributed by atoms with van der Waals surface area (Å²) in [6.07, 6.45) is 4.42. The number of carbonyl (C=O) groups excluding carboxylic acids is 2. The van der Waals surface area contributed by atoms with Crippen LogP contribution in [0, 0.1) is 5.41 Å². The summed E-state index contributed by atoms with van der Waals surface area (Å²) < 4.78 is 5.60. The van der Waals surface area contributed by atoms with Crippen LogP contribution in [0.1, 0.15) is 56.8 Å². The zero-order valence-electron chi connectivity index (χ0n) is 16.6. The van der Waals surface area contributed by atoms with Crippen LogP contribution in [-0.4, -0.2) is 44.2 Å². The minimum atomic E-state index is -0.490. The number of benzene rings is 1. The standard InChI is InChI=1S/C21H31N3O3/c1-21(2,3)20(26)23-15-8-9-18(24-10-4-5-11-24)17(13-15)19(25)22-14-16-7-6-12-27-16/h8-9,13,16H,4-7,10-12,14H2,1-3H3,(H,22,25)(H,23,26)/t16-/m0/s1. The van der Waals surface area contributed by atoms with E-state index < -0.39 is 5.41 Å². The first kappa shape index (κ1) is 19.7. The molecule has 0 radical (unpaired) electrons. The van der Waals surface area contributed by atoms with Gasteiger partial charge in [0.2, 0.25) is 5.91 Å². The number of hydrogen-bond donors (Lipinski definition) is 2. The normalized spacial score (nSPS) is 20.0. The van der Waals surface area contributed by atoms with E-state index in [9.17, 15) is 9.59 Å². The molecular weight excluding hydrogens is 342 g/mol. The number of rotatable bonds is 5. The fourth-order valence-corrected chi connectivity index (χ4v) is 3.46. The van der Waals surface area contributed by atoms with Gasteiger partial charge in [-0.05, 0) is 43.9 Å². The highest BCUT2D eigenvalue weighted by molar-refractivity contribution is 6.02. The minimum absolute atomic E-state index is 0.0675. The molecule has 0 saturated carbocycles. The second-order valence-corrected chi connectivity index (χ2v) is 8.48. The third kappa shape index (κ3) is 5.01. The molecule has 6 nitrogen and oxygen atoms in total.